The van der Waals surface area contributed by atoms with Crippen molar-refractivity contribution in [1.82, 2.24) is 0 Å². The summed E-state index contributed by atoms with van der Waals surface area (Å²) >= 11 is 5.42. The molecule has 0 unspecified atom stereocenters. The van der Waals surface area contributed by atoms with Crippen LogP contribution >= 0.6 is 11.6 Å². The molecule has 0 bridgehead atoms. The molecule has 70 valence electrons. The topological polar surface area (TPSA) is 17.1 Å². The van der Waals surface area contributed by atoms with Gasteiger partial charge in [0.05, 0.1) is 0 Å². The lowest BCUT2D eigenvalue weighted by Crippen LogP contribution is -2.22. The summed E-state index contributed by atoms with van der Waals surface area (Å²) in [7, 11) is 0. The molecule has 1 aliphatic carbocycles. The Kier molecular flexibility index (Phi) is 2.51. The third-order valence-corrected chi connectivity index (χ3v) is 2.50. The molecule has 0 aliphatic heterocycles. The number of allylic oxidation sites excluding steroid dienone is 2. The molecule has 1 aromatic rings. The van der Waals surface area contributed by atoms with Crippen LogP contribution in [0.2, 0.25) is 0 Å². The van der Waals surface area contributed by atoms with Gasteiger partial charge in [0, 0.05) is 5.57 Å². The Bertz CT molecular complexity index is 511. The molecule has 0 atom stereocenters. The van der Waals surface area contributed by atoms with Gasteiger partial charge in [0.25, 0.3) is 0 Å². The maximum Gasteiger partial charge on any atom is 0.248 e. The maximum atomic E-state index is 11.0. The van der Waals surface area contributed by atoms with Crippen molar-refractivity contribution in [3.05, 3.63) is 46.4 Å². The van der Waals surface area contributed by atoms with E-state index in [4.69, 9.17) is 11.6 Å². The van der Waals surface area contributed by atoms with Crippen LogP contribution in [0.25, 0.3) is 12.2 Å². The SMILES string of the molecule is O=C(Cl)C1=CC=c2ccccc2=CC1. The van der Waals surface area contributed by atoms with Gasteiger partial charge in [-0.25, -0.2) is 0 Å². The standard InChI is InChI=1S/C12H9ClO/c13-12(14)11-7-5-9-3-1-2-4-10(9)6-8-11/h1-7H,8H2. The van der Waals surface area contributed by atoms with Crippen LogP contribution in [-0.2, 0) is 4.79 Å². The first-order valence-corrected chi connectivity index (χ1v) is 4.81. The zero-order valence-corrected chi connectivity index (χ0v) is 8.29. The minimum Gasteiger partial charge on any atom is -0.276 e. The molecule has 2 rings (SSSR count). The lowest BCUT2D eigenvalue weighted by atomic mass is 10.2. The highest BCUT2D eigenvalue weighted by molar-refractivity contribution is 6.67. The molecular weight excluding hydrogens is 196 g/mol. The number of benzene rings is 1. The number of halogens is 1. The molecule has 0 spiro atoms. The molecule has 0 saturated carbocycles. The minimum absolute atomic E-state index is 0.370. The highest BCUT2D eigenvalue weighted by Gasteiger charge is 2.04. The summed E-state index contributed by atoms with van der Waals surface area (Å²) in [5, 5.41) is 1.90. The zero-order valence-electron chi connectivity index (χ0n) is 7.53. The van der Waals surface area contributed by atoms with Gasteiger partial charge in [0.1, 0.15) is 0 Å². The first kappa shape index (κ1) is 9.22. The van der Waals surface area contributed by atoms with Crippen LogP contribution in [0.4, 0.5) is 0 Å². The molecule has 14 heavy (non-hydrogen) atoms. The molecule has 2 heteroatoms. The number of fused-ring (bicyclic) bond motifs is 1. The zero-order chi connectivity index (χ0) is 9.97. The van der Waals surface area contributed by atoms with Gasteiger partial charge in [-0.1, -0.05) is 42.5 Å². The van der Waals surface area contributed by atoms with E-state index in [9.17, 15) is 4.79 Å². The van der Waals surface area contributed by atoms with Gasteiger partial charge in [-0.2, -0.15) is 0 Å². The molecule has 0 N–H and O–H groups in total. The van der Waals surface area contributed by atoms with E-state index in [0.29, 0.717) is 12.0 Å². The van der Waals surface area contributed by atoms with Crippen molar-refractivity contribution < 1.29 is 4.79 Å². The van der Waals surface area contributed by atoms with E-state index in [1.807, 2.05) is 36.4 Å². The Morgan fingerprint density at radius 2 is 1.86 bits per heavy atom. The third-order valence-electron chi connectivity index (χ3n) is 2.25. The van der Waals surface area contributed by atoms with E-state index in [1.165, 1.54) is 0 Å². The fourth-order valence-corrected chi connectivity index (χ4v) is 1.61. The molecule has 0 fully saturated rings. The van der Waals surface area contributed by atoms with Crippen molar-refractivity contribution >= 4 is 29.0 Å². The summed E-state index contributed by atoms with van der Waals surface area (Å²) < 4.78 is 0. The van der Waals surface area contributed by atoms with Crippen LogP contribution in [0.1, 0.15) is 6.42 Å². The van der Waals surface area contributed by atoms with Crippen LogP contribution < -0.4 is 10.4 Å². The number of hydrogen-bond donors (Lipinski definition) is 0. The van der Waals surface area contributed by atoms with E-state index in [1.54, 1.807) is 6.08 Å². The van der Waals surface area contributed by atoms with Crippen LogP contribution in [0.3, 0.4) is 0 Å². The normalized spacial score (nSPS) is 14.2. The van der Waals surface area contributed by atoms with Gasteiger partial charge in [0.15, 0.2) is 0 Å². The largest absolute Gasteiger partial charge is 0.276 e. The van der Waals surface area contributed by atoms with Crippen molar-refractivity contribution in [2.45, 2.75) is 6.42 Å². The number of rotatable bonds is 1. The lowest BCUT2D eigenvalue weighted by Gasteiger charge is -1.92. The maximum absolute atomic E-state index is 11.0. The van der Waals surface area contributed by atoms with Crippen LogP contribution in [0, 0.1) is 0 Å². The Morgan fingerprint density at radius 3 is 2.57 bits per heavy atom. The quantitative estimate of drug-likeness (QED) is 0.631. The number of carbonyl (C=O) groups is 1. The number of carbonyl (C=O) groups excluding carboxylic acids is 1. The van der Waals surface area contributed by atoms with Crippen LogP contribution in [0.5, 0.6) is 0 Å². The van der Waals surface area contributed by atoms with Crippen molar-refractivity contribution in [1.29, 1.82) is 0 Å². The predicted octanol–water partition coefficient (Wildman–Crippen LogP) is 1.34. The highest BCUT2D eigenvalue weighted by Crippen LogP contribution is 2.08. The Balaban J connectivity index is 2.57. The highest BCUT2D eigenvalue weighted by atomic mass is 35.5. The fraction of sp³-hybridized carbons (Fsp3) is 0.0833. The van der Waals surface area contributed by atoms with E-state index in [-0.39, 0.29) is 5.24 Å². The monoisotopic (exact) mass is 204 g/mol. The average Bonchev–Trinajstić information content (AvgIpc) is 2.39. The number of hydrogen-bond acceptors (Lipinski definition) is 1. The minimum atomic E-state index is -0.370. The molecule has 1 aliphatic rings. The third kappa shape index (κ3) is 1.78. The first-order valence-electron chi connectivity index (χ1n) is 4.43. The summed E-state index contributed by atoms with van der Waals surface area (Å²) in [6, 6.07) is 8.01. The second-order valence-electron chi connectivity index (χ2n) is 3.17. The first-order chi connectivity index (χ1) is 6.77. The van der Waals surface area contributed by atoms with Crippen molar-refractivity contribution in [2.24, 2.45) is 0 Å². The van der Waals surface area contributed by atoms with Crippen molar-refractivity contribution in [3.8, 4) is 0 Å². The van der Waals surface area contributed by atoms with E-state index < -0.39 is 0 Å². The molecule has 0 aromatic heterocycles. The van der Waals surface area contributed by atoms with E-state index in [0.717, 1.165) is 10.4 Å². The summed E-state index contributed by atoms with van der Waals surface area (Å²) in [5.41, 5.74) is 0.642. The lowest BCUT2D eigenvalue weighted by molar-refractivity contribution is -0.108. The molecular formula is C12H9ClO. The van der Waals surface area contributed by atoms with Gasteiger partial charge in [0.2, 0.25) is 5.24 Å². The smallest absolute Gasteiger partial charge is 0.248 e. The van der Waals surface area contributed by atoms with Crippen LogP contribution in [0.15, 0.2) is 35.9 Å². The van der Waals surface area contributed by atoms with E-state index in [2.05, 4.69) is 0 Å². The van der Waals surface area contributed by atoms with Crippen molar-refractivity contribution in [3.63, 3.8) is 0 Å². The van der Waals surface area contributed by atoms with Gasteiger partial charge < -0.3 is 0 Å². The predicted molar refractivity (Wildman–Crippen MR) is 58.2 cm³/mol. The summed E-state index contributed by atoms with van der Waals surface area (Å²) in [5.74, 6) is 0. The Labute approximate surface area is 87.0 Å². The fourth-order valence-electron chi connectivity index (χ4n) is 1.47. The van der Waals surface area contributed by atoms with Crippen molar-refractivity contribution in [2.75, 3.05) is 0 Å². The van der Waals surface area contributed by atoms with Crippen LogP contribution in [-0.4, -0.2) is 5.24 Å². The second kappa shape index (κ2) is 3.81. The average molecular weight is 205 g/mol. The summed E-state index contributed by atoms with van der Waals surface area (Å²) in [6.07, 6.45) is 6.34. The van der Waals surface area contributed by atoms with Gasteiger partial charge in [-0.3, -0.25) is 4.79 Å². The van der Waals surface area contributed by atoms with Gasteiger partial charge in [-0.15, -0.1) is 0 Å². The second-order valence-corrected chi connectivity index (χ2v) is 3.51. The Morgan fingerprint density at radius 1 is 1.14 bits per heavy atom. The molecule has 1 aromatic carbocycles. The Hall–Kier alpha value is -1.34. The molecule has 0 saturated heterocycles. The van der Waals surface area contributed by atoms with E-state index >= 15 is 0 Å². The van der Waals surface area contributed by atoms with Gasteiger partial charge in [-0.05, 0) is 28.5 Å². The summed E-state index contributed by atoms with van der Waals surface area (Å²) in [4.78, 5) is 11.0. The molecule has 0 radical (unpaired) electrons. The molecule has 0 amide bonds. The molecule has 0 heterocycles. The summed E-state index contributed by atoms with van der Waals surface area (Å²) in [6.45, 7) is 0. The molecule has 1 nitrogen and oxygen atoms in total. The van der Waals surface area contributed by atoms with Gasteiger partial charge >= 0.3 is 0 Å².